The Hall–Kier alpha value is -0.860. The maximum absolute atomic E-state index is 3.95. The van der Waals surface area contributed by atoms with Crippen molar-refractivity contribution in [1.82, 2.24) is 10.6 Å². The first-order valence-corrected chi connectivity index (χ1v) is 8.36. The Labute approximate surface area is 122 Å². The van der Waals surface area contributed by atoms with Crippen LogP contribution in [0.4, 0.5) is 0 Å². The van der Waals surface area contributed by atoms with Crippen molar-refractivity contribution in [2.45, 2.75) is 56.5 Å². The molecule has 2 aliphatic carbocycles. The molecule has 3 aliphatic rings. The first-order valence-electron chi connectivity index (χ1n) is 8.36. The number of piperidine rings is 1. The van der Waals surface area contributed by atoms with E-state index in [-0.39, 0.29) is 0 Å². The van der Waals surface area contributed by atoms with E-state index in [4.69, 9.17) is 0 Å². The van der Waals surface area contributed by atoms with Gasteiger partial charge in [0.2, 0.25) is 0 Å². The zero-order chi connectivity index (χ0) is 13.4. The highest BCUT2D eigenvalue weighted by atomic mass is 15.0. The van der Waals surface area contributed by atoms with Gasteiger partial charge in [-0.25, -0.2) is 0 Å². The van der Waals surface area contributed by atoms with Crippen molar-refractivity contribution >= 4 is 0 Å². The fraction of sp³-hybridized carbons (Fsp3) is 0.667. The lowest BCUT2D eigenvalue weighted by Gasteiger charge is -2.34. The predicted octanol–water partition coefficient (Wildman–Crippen LogP) is 3.05. The van der Waals surface area contributed by atoms with Crippen molar-refractivity contribution in [3.63, 3.8) is 0 Å². The van der Waals surface area contributed by atoms with E-state index in [1.165, 1.54) is 57.2 Å². The number of hydrogen-bond acceptors (Lipinski definition) is 2. The largest absolute Gasteiger partial charge is 0.317 e. The van der Waals surface area contributed by atoms with Crippen LogP contribution in [0.2, 0.25) is 0 Å². The molecule has 0 bridgehead atoms. The molecule has 1 aliphatic heterocycles. The van der Waals surface area contributed by atoms with Gasteiger partial charge in [0, 0.05) is 18.0 Å². The Balaban J connectivity index is 1.31. The molecule has 1 aromatic carbocycles. The smallest absolute Gasteiger partial charge is 0.0145 e. The minimum atomic E-state index is 0.681. The van der Waals surface area contributed by atoms with Gasteiger partial charge in [0.05, 0.1) is 0 Å². The third kappa shape index (κ3) is 2.51. The molecule has 3 fully saturated rings. The van der Waals surface area contributed by atoms with Gasteiger partial charge in [-0.05, 0) is 62.6 Å². The van der Waals surface area contributed by atoms with Gasteiger partial charge in [0.15, 0.2) is 0 Å². The van der Waals surface area contributed by atoms with Crippen LogP contribution in [-0.2, 0) is 0 Å². The predicted molar refractivity (Wildman–Crippen MR) is 82.9 cm³/mol. The topological polar surface area (TPSA) is 24.1 Å². The second-order valence-corrected chi connectivity index (χ2v) is 7.22. The second kappa shape index (κ2) is 5.16. The lowest BCUT2D eigenvalue weighted by molar-refractivity contribution is 0.204. The summed E-state index contributed by atoms with van der Waals surface area (Å²) in [6.07, 6.45) is 8.42. The van der Waals surface area contributed by atoms with E-state index in [1.54, 1.807) is 0 Å². The molecule has 0 amide bonds. The van der Waals surface area contributed by atoms with Gasteiger partial charge in [-0.2, -0.15) is 0 Å². The van der Waals surface area contributed by atoms with Crippen molar-refractivity contribution in [3.05, 3.63) is 35.9 Å². The number of nitrogens with one attached hydrogen (secondary N) is 2. The van der Waals surface area contributed by atoms with E-state index in [1.807, 2.05) is 0 Å². The Morgan fingerprint density at radius 3 is 2.65 bits per heavy atom. The quantitative estimate of drug-likeness (QED) is 0.882. The Bertz CT molecular complexity index is 450. The molecule has 1 spiro atoms. The van der Waals surface area contributed by atoms with Crippen molar-refractivity contribution in [2.75, 3.05) is 13.1 Å². The Morgan fingerprint density at radius 2 is 1.85 bits per heavy atom. The fourth-order valence-electron chi connectivity index (χ4n) is 4.51. The third-order valence-electron chi connectivity index (χ3n) is 5.83. The van der Waals surface area contributed by atoms with Crippen LogP contribution < -0.4 is 10.6 Å². The normalized spacial score (nSPS) is 35.3. The van der Waals surface area contributed by atoms with E-state index in [0.717, 1.165) is 18.0 Å². The van der Waals surface area contributed by atoms with E-state index in [0.29, 0.717) is 5.41 Å². The summed E-state index contributed by atoms with van der Waals surface area (Å²) in [7, 11) is 0. The molecular formula is C18H26N2. The maximum Gasteiger partial charge on any atom is 0.0145 e. The van der Waals surface area contributed by atoms with Crippen molar-refractivity contribution in [1.29, 1.82) is 0 Å². The molecule has 2 nitrogen and oxygen atoms in total. The molecule has 108 valence electrons. The molecule has 1 saturated heterocycles. The van der Waals surface area contributed by atoms with Gasteiger partial charge in [0.1, 0.15) is 0 Å². The highest BCUT2D eigenvalue weighted by Gasteiger charge is 2.44. The van der Waals surface area contributed by atoms with Crippen LogP contribution in [0.25, 0.3) is 0 Å². The molecule has 0 aromatic heterocycles. The van der Waals surface area contributed by atoms with Crippen molar-refractivity contribution < 1.29 is 0 Å². The summed E-state index contributed by atoms with van der Waals surface area (Å²) in [6, 6.07) is 12.6. The average Bonchev–Trinajstić information content (AvgIpc) is 3.16. The summed E-state index contributed by atoms with van der Waals surface area (Å²) in [4.78, 5) is 0. The molecule has 0 radical (unpaired) electrons. The summed E-state index contributed by atoms with van der Waals surface area (Å²) in [5.41, 5.74) is 2.21. The van der Waals surface area contributed by atoms with Crippen LogP contribution in [0, 0.1) is 5.41 Å². The third-order valence-corrected chi connectivity index (χ3v) is 5.83. The Morgan fingerprint density at radius 1 is 1.05 bits per heavy atom. The van der Waals surface area contributed by atoms with E-state index in [2.05, 4.69) is 41.0 Å². The lowest BCUT2D eigenvalue weighted by Crippen LogP contribution is -2.37. The summed E-state index contributed by atoms with van der Waals surface area (Å²) in [5, 5.41) is 7.46. The number of rotatable bonds is 3. The highest BCUT2D eigenvalue weighted by molar-refractivity contribution is 5.27. The maximum atomic E-state index is 3.95. The van der Waals surface area contributed by atoms with Crippen LogP contribution in [0.15, 0.2) is 30.3 Å². The first kappa shape index (κ1) is 12.8. The molecule has 4 rings (SSSR count). The minimum Gasteiger partial charge on any atom is -0.317 e. The summed E-state index contributed by atoms with van der Waals surface area (Å²) >= 11 is 0. The SMILES string of the molecule is c1ccc(C2CC2NC2CCC3(CCNCC3)C2)cc1. The van der Waals surface area contributed by atoms with Gasteiger partial charge in [0.25, 0.3) is 0 Å². The fourth-order valence-corrected chi connectivity index (χ4v) is 4.51. The zero-order valence-corrected chi connectivity index (χ0v) is 12.3. The van der Waals surface area contributed by atoms with Gasteiger partial charge in [-0.3, -0.25) is 0 Å². The number of hydrogen-bond donors (Lipinski definition) is 2. The van der Waals surface area contributed by atoms with E-state index >= 15 is 0 Å². The second-order valence-electron chi connectivity index (χ2n) is 7.22. The van der Waals surface area contributed by atoms with Crippen LogP contribution in [-0.4, -0.2) is 25.2 Å². The van der Waals surface area contributed by atoms with Crippen molar-refractivity contribution in [3.8, 4) is 0 Å². The molecule has 3 atom stereocenters. The van der Waals surface area contributed by atoms with Gasteiger partial charge in [-0.15, -0.1) is 0 Å². The molecule has 20 heavy (non-hydrogen) atoms. The van der Waals surface area contributed by atoms with Gasteiger partial charge < -0.3 is 10.6 Å². The van der Waals surface area contributed by atoms with E-state index < -0.39 is 0 Å². The molecular weight excluding hydrogens is 244 g/mol. The van der Waals surface area contributed by atoms with Crippen LogP contribution in [0.1, 0.15) is 50.0 Å². The molecule has 2 saturated carbocycles. The molecule has 2 heteroatoms. The summed E-state index contributed by atoms with van der Waals surface area (Å²) in [5.74, 6) is 0.778. The molecule has 1 aromatic rings. The van der Waals surface area contributed by atoms with E-state index in [9.17, 15) is 0 Å². The number of benzene rings is 1. The van der Waals surface area contributed by atoms with Gasteiger partial charge in [-0.1, -0.05) is 30.3 Å². The first-order chi connectivity index (χ1) is 9.85. The van der Waals surface area contributed by atoms with Crippen LogP contribution in [0.3, 0.4) is 0 Å². The summed E-state index contributed by atoms with van der Waals surface area (Å²) < 4.78 is 0. The Kier molecular flexibility index (Phi) is 3.31. The highest BCUT2D eigenvalue weighted by Crippen LogP contribution is 2.47. The lowest BCUT2D eigenvalue weighted by atomic mass is 9.77. The average molecular weight is 270 g/mol. The standard InChI is InChI=1S/C18H26N2/c1-2-4-14(5-3-1)16-12-17(16)20-15-6-7-18(13-15)8-10-19-11-9-18/h1-5,15-17,19-20H,6-13H2. The van der Waals surface area contributed by atoms with Crippen LogP contribution in [0.5, 0.6) is 0 Å². The van der Waals surface area contributed by atoms with Crippen molar-refractivity contribution in [2.24, 2.45) is 5.41 Å². The monoisotopic (exact) mass is 270 g/mol. The summed E-state index contributed by atoms with van der Waals surface area (Å²) in [6.45, 7) is 2.48. The molecule has 3 unspecified atom stereocenters. The van der Waals surface area contributed by atoms with Gasteiger partial charge >= 0.3 is 0 Å². The van der Waals surface area contributed by atoms with Crippen LogP contribution >= 0.6 is 0 Å². The molecule has 2 N–H and O–H groups in total. The zero-order valence-electron chi connectivity index (χ0n) is 12.3. The minimum absolute atomic E-state index is 0.681. The molecule has 1 heterocycles.